The Kier molecular flexibility index (Phi) is 3.77. The van der Waals surface area contributed by atoms with Crippen LogP contribution in [0.25, 0.3) is 0 Å². The minimum absolute atomic E-state index is 0.148. The monoisotopic (exact) mass is 337 g/mol. The van der Waals surface area contributed by atoms with Crippen LogP contribution in [0.1, 0.15) is 34.3 Å². The summed E-state index contributed by atoms with van der Waals surface area (Å²) >= 11 is 0. The van der Waals surface area contributed by atoms with E-state index in [1.165, 1.54) is 6.20 Å². The zero-order valence-electron chi connectivity index (χ0n) is 13.7. The summed E-state index contributed by atoms with van der Waals surface area (Å²) in [5.74, 6) is -0.179. The fourth-order valence-corrected chi connectivity index (χ4v) is 3.82. The van der Waals surface area contributed by atoms with E-state index in [9.17, 15) is 14.8 Å². The van der Waals surface area contributed by atoms with Crippen molar-refractivity contribution in [1.82, 2.24) is 10.3 Å². The summed E-state index contributed by atoms with van der Waals surface area (Å²) in [7, 11) is 0. The van der Waals surface area contributed by atoms with E-state index in [1.54, 1.807) is 24.3 Å². The molecule has 1 fully saturated rings. The molecule has 2 aromatic rings. The number of aryl methyl sites for hydroxylation is 1. The number of nitrogens with zero attached hydrogens (tertiary/aromatic N) is 2. The van der Waals surface area contributed by atoms with Gasteiger partial charge >= 0.3 is 0 Å². The summed E-state index contributed by atoms with van der Waals surface area (Å²) in [6.45, 7) is 0.744. The predicted molar refractivity (Wildman–Crippen MR) is 91.4 cm³/mol. The zero-order valence-corrected chi connectivity index (χ0v) is 13.7. The summed E-state index contributed by atoms with van der Waals surface area (Å²) in [4.78, 5) is 28.7. The quantitative estimate of drug-likeness (QED) is 0.649. The molecule has 1 spiro atoms. The SMILES string of the molecule is O=C(c1ccc2c(c1)CC[C@@]1(CCNC1=O)C2)N(O)c1ccccn1. The van der Waals surface area contributed by atoms with E-state index in [0.29, 0.717) is 17.0 Å². The van der Waals surface area contributed by atoms with Gasteiger partial charge in [-0.3, -0.25) is 14.8 Å². The second kappa shape index (κ2) is 5.97. The van der Waals surface area contributed by atoms with Gasteiger partial charge in [-0.1, -0.05) is 12.1 Å². The molecular weight excluding hydrogens is 318 g/mol. The molecule has 0 saturated carbocycles. The van der Waals surface area contributed by atoms with Crippen molar-refractivity contribution < 1.29 is 14.8 Å². The van der Waals surface area contributed by atoms with Crippen molar-refractivity contribution in [2.24, 2.45) is 5.41 Å². The van der Waals surface area contributed by atoms with Crippen molar-refractivity contribution in [2.75, 3.05) is 11.6 Å². The van der Waals surface area contributed by atoms with Gasteiger partial charge in [-0.15, -0.1) is 0 Å². The summed E-state index contributed by atoms with van der Waals surface area (Å²) in [6.07, 6.45) is 4.66. The smallest absolute Gasteiger partial charge is 0.283 e. The van der Waals surface area contributed by atoms with Crippen LogP contribution in [-0.2, 0) is 17.6 Å². The van der Waals surface area contributed by atoms with Gasteiger partial charge in [0.2, 0.25) is 5.91 Å². The third-order valence-electron chi connectivity index (χ3n) is 5.28. The molecule has 128 valence electrons. The fourth-order valence-electron chi connectivity index (χ4n) is 3.82. The van der Waals surface area contributed by atoms with Gasteiger partial charge in [-0.05, 0) is 61.1 Å². The Labute approximate surface area is 145 Å². The average Bonchev–Trinajstić information content (AvgIpc) is 3.00. The number of hydroxylamine groups is 1. The minimum Gasteiger partial charge on any atom is -0.356 e. The number of rotatable bonds is 2. The largest absolute Gasteiger partial charge is 0.356 e. The lowest BCUT2D eigenvalue weighted by Gasteiger charge is -2.32. The maximum absolute atomic E-state index is 12.5. The molecule has 25 heavy (non-hydrogen) atoms. The highest BCUT2D eigenvalue weighted by molar-refractivity contribution is 6.04. The van der Waals surface area contributed by atoms with Gasteiger partial charge in [0.15, 0.2) is 5.82 Å². The molecule has 0 radical (unpaired) electrons. The highest BCUT2D eigenvalue weighted by Crippen LogP contribution is 2.41. The number of anilines is 1. The molecule has 6 heteroatoms. The van der Waals surface area contributed by atoms with Crippen LogP contribution in [0, 0.1) is 5.41 Å². The molecule has 2 heterocycles. The lowest BCUT2D eigenvalue weighted by atomic mass is 9.70. The highest BCUT2D eigenvalue weighted by atomic mass is 16.5. The van der Waals surface area contributed by atoms with Crippen molar-refractivity contribution >= 4 is 17.6 Å². The van der Waals surface area contributed by atoms with E-state index in [1.807, 2.05) is 12.1 Å². The molecule has 1 aromatic carbocycles. The van der Waals surface area contributed by atoms with E-state index in [4.69, 9.17) is 0 Å². The van der Waals surface area contributed by atoms with Crippen LogP contribution in [0.4, 0.5) is 5.82 Å². The summed E-state index contributed by atoms with van der Waals surface area (Å²) in [5.41, 5.74) is 2.32. The summed E-state index contributed by atoms with van der Waals surface area (Å²) in [6, 6.07) is 10.4. The van der Waals surface area contributed by atoms with E-state index < -0.39 is 5.91 Å². The maximum atomic E-state index is 12.5. The van der Waals surface area contributed by atoms with E-state index in [0.717, 1.165) is 36.9 Å². The van der Waals surface area contributed by atoms with Crippen molar-refractivity contribution in [1.29, 1.82) is 0 Å². The Bertz CT molecular complexity index is 837. The van der Waals surface area contributed by atoms with Gasteiger partial charge in [0.1, 0.15) is 0 Å². The Morgan fingerprint density at radius 2 is 2.08 bits per heavy atom. The normalized spacial score (nSPS) is 21.7. The first-order chi connectivity index (χ1) is 12.1. The molecule has 1 aliphatic carbocycles. The molecule has 2 amide bonds. The van der Waals surface area contributed by atoms with Crippen LogP contribution in [0.3, 0.4) is 0 Å². The van der Waals surface area contributed by atoms with Crippen LogP contribution in [0.5, 0.6) is 0 Å². The number of carbonyl (C=O) groups is 2. The van der Waals surface area contributed by atoms with Crippen LogP contribution in [-0.4, -0.2) is 28.6 Å². The van der Waals surface area contributed by atoms with Crippen LogP contribution in [0.15, 0.2) is 42.6 Å². The van der Waals surface area contributed by atoms with Gasteiger partial charge in [-0.2, -0.15) is 5.06 Å². The molecule has 1 aliphatic heterocycles. The van der Waals surface area contributed by atoms with Crippen molar-refractivity contribution in [3.05, 3.63) is 59.3 Å². The molecule has 6 nitrogen and oxygen atoms in total. The minimum atomic E-state index is -0.514. The lowest BCUT2D eigenvalue weighted by Crippen LogP contribution is -2.36. The van der Waals surface area contributed by atoms with Crippen molar-refractivity contribution in [3.63, 3.8) is 0 Å². The molecule has 2 N–H and O–H groups in total. The van der Waals surface area contributed by atoms with Gasteiger partial charge < -0.3 is 5.32 Å². The van der Waals surface area contributed by atoms with Crippen LogP contribution < -0.4 is 10.4 Å². The Balaban J connectivity index is 1.58. The molecule has 4 rings (SSSR count). The number of benzene rings is 1. The number of aromatic nitrogens is 1. The van der Waals surface area contributed by atoms with Crippen molar-refractivity contribution in [2.45, 2.75) is 25.7 Å². The molecule has 1 atom stereocenters. The van der Waals surface area contributed by atoms with Gasteiger partial charge in [0.05, 0.1) is 5.41 Å². The van der Waals surface area contributed by atoms with Gasteiger partial charge in [-0.25, -0.2) is 4.98 Å². The third kappa shape index (κ3) is 2.68. The third-order valence-corrected chi connectivity index (χ3v) is 5.28. The Hall–Kier alpha value is -2.73. The number of hydrogen-bond acceptors (Lipinski definition) is 4. The first kappa shape index (κ1) is 15.8. The second-order valence-electron chi connectivity index (χ2n) is 6.75. The van der Waals surface area contributed by atoms with E-state index >= 15 is 0 Å². The van der Waals surface area contributed by atoms with Crippen molar-refractivity contribution in [3.8, 4) is 0 Å². The maximum Gasteiger partial charge on any atom is 0.283 e. The van der Waals surface area contributed by atoms with Gasteiger partial charge in [0.25, 0.3) is 5.91 Å². The molecule has 2 aliphatic rings. The number of amides is 2. The van der Waals surface area contributed by atoms with Gasteiger partial charge in [0, 0.05) is 18.3 Å². The lowest BCUT2D eigenvalue weighted by molar-refractivity contribution is -0.128. The molecule has 0 unspecified atom stereocenters. The molecular formula is C19H19N3O3. The highest BCUT2D eigenvalue weighted by Gasteiger charge is 2.44. The number of fused-ring (bicyclic) bond motifs is 1. The Morgan fingerprint density at radius 1 is 1.20 bits per heavy atom. The van der Waals surface area contributed by atoms with Crippen LogP contribution in [0.2, 0.25) is 0 Å². The van der Waals surface area contributed by atoms with E-state index in [2.05, 4.69) is 10.3 Å². The number of pyridine rings is 1. The summed E-state index contributed by atoms with van der Waals surface area (Å²) < 4.78 is 0. The first-order valence-electron chi connectivity index (χ1n) is 8.44. The van der Waals surface area contributed by atoms with E-state index in [-0.39, 0.29) is 17.1 Å². The first-order valence-corrected chi connectivity index (χ1v) is 8.44. The average molecular weight is 337 g/mol. The number of nitrogens with one attached hydrogen (secondary N) is 1. The molecule has 0 bridgehead atoms. The second-order valence-corrected chi connectivity index (χ2v) is 6.75. The number of carbonyl (C=O) groups excluding carboxylic acids is 2. The standard InChI is InChI=1S/C19H19N3O3/c23-17(22(25)16-3-1-2-9-20-16)14-4-5-15-12-19(7-6-13(15)11-14)8-10-21-18(19)24/h1-5,9,11,25H,6-8,10,12H2,(H,21,24)/t19-/m1/s1. The molecule has 1 saturated heterocycles. The zero-order chi connectivity index (χ0) is 17.4. The topological polar surface area (TPSA) is 82.5 Å². The fraction of sp³-hybridized carbons (Fsp3) is 0.316. The van der Waals surface area contributed by atoms with Crippen LogP contribution >= 0.6 is 0 Å². The Morgan fingerprint density at radius 3 is 2.80 bits per heavy atom. The predicted octanol–water partition coefficient (Wildman–Crippen LogP) is 2.11. The number of hydrogen-bond donors (Lipinski definition) is 2. The molecule has 1 aromatic heterocycles. The summed E-state index contributed by atoms with van der Waals surface area (Å²) in [5, 5.41) is 13.6.